The van der Waals surface area contributed by atoms with E-state index in [1.54, 1.807) is 6.07 Å². The molecule has 0 N–H and O–H groups in total. The second-order valence-electron chi connectivity index (χ2n) is 2.81. The summed E-state index contributed by atoms with van der Waals surface area (Å²) in [6, 6.07) is 4.96. The van der Waals surface area contributed by atoms with Gasteiger partial charge in [0.05, 0.1) is 7.11 Å². The van der Waals surface area contributed by atoms with Crippen molar-refractivity contribution >= 4 is 28.6 Å². The maximum absolute atomic E-state index is 13.2. The summed E-state index contributed by atoms with van der Waals surface area (Å²) in [6.45, 7) is 0. The molecule has 0 bridgehead atoms. The third kappa shape index (κ3) is 3.25. The van der Waals surface area contributed by atoms with Crippen molar-refractivity contribution in [2.75, 3.05) is 7.11 Å². The summed E-state index contributed by atoms with van der Waals surface area (Å²) >= 11 is 2.04. The second-order valence-corrected chi connectivity index (χ2v) is 4.06. The van der Waals surface area contributed by atoms with E-state index in [-0.39, 0.29) is 18.2 Å². The van der Waals surface area contributed by atoms with Gasteiger partial charge in [0.15, 0.2) is 0 Å². The van der Waals surface area contributed by atoms with Crippen LogP contribution in [0.4, 0.5) is 4.39 Å². The SMILES string of the molecule is COC(=O)CCc1ccc(I)cc1F. The van der Waals surface area contributed by atoms with E-state index in [0.717, 1.165) is 3.57 Å². The lowest BCUT2D eigenvalue weighted by Gasteiger charge is -2.02. The average Bonchev–Trinajstić information content (AvgIpc) is 2.16. The van der Waals surface area contributed by atoms with Gasteiger partial charge in [0.2, 0.25) is 0 Å². The summed E-state index contributed by atoms with van der Waals surface area (Å²) in [6.07, 6.45) is 0.601. The van der Waals surface area contributed by atoms with E-state index in [2.05, 4.69) is 4.74 Å². The first-order valence-corrected chi connectivity index (χ1v) is 5.22. The van der Waals surface area contributed by atoms with Crippen molar-refractivity contribution in [2.24, 2.45) is 0 Å². The first-order valence-electron chi connectivity index (χ1n) is 4.14. The monoisotopic (exact) mass is 308 g/mol. The minimum absolute atomic E-state index is 0.216. The molecule has 0 unspecified atom stereocenters. The van der Waals surface area contributed by atoms with Gasteiger partial charge < -0.3 is 4.74 Å². The van der Waals surface area contributed by atoms with Crippen molar-refractivity contribution in [3.8, 4) is 0 Å². The first kappa shape index (κ1) is 11.4. The van der Waals surface area contributed by atoms with Gasteiger partial charge in [0, 0.05) is 9.99 Å². The zero-order valence-electron chi connectivity index (χ0n) is 7.72. The molecular weight excluding hydrogens is 298 g/mol. The quantitative estimate of drug-likeness (QED) is 0.633. The number of hydrogen-bond donors (Lipinski definition) is 0. The summed E-state index contributed by atoms with van der Waals surface area (Å²) in [4.78, 5) is 10.8. The van der Waals surface area contributed by atoms with E-state index in [1.165, 1.54) is 13.2 Å². The van der Waals surface area contributed by atoms with Gasteiger partial charge in [0.1, 0.15) is 5.82 Å². The van der Waals surface area contributed by atoms with E-state index in [9.17, 15) is 9.18 Å². The van der Waals surface area contributed by atoms with Gasteiger partial charge in [-0.25, -0.2) is 4.39 Å². The summed E-state index contributed by atoms with van der Waals surface area (Å²) in [5.41, 5.74) is 0.552. The molecule has 0 amide bonds. The van der Waals surface area contributed by atoms with Crippen molar-refractivity contribution < 1.29 is 13.9 Å². The molecule has 0 spiro atoms. The Morgan fingerprint density at radius 2 is 2.29 bits per heavy atom. The van der Waals surface area contributed by atoms with Gasteiger partial charge >= 0.3 is 5.97 Å². The Morgan fingerprint density at radius 3 is 2.86 bits per heavy atom. The molecule has 0 heterocycles. The molecule has 76 valence electrons. The van der Waals surface area contributed by atoms with Crippen LogP contribution < -0.4 is 0 Å². The van der Waals surface area contributed by atoms with Gasteiger partial charge in [-0.3, -0.25) is 4.79 Å². The topological polar surface area (TPSA) is 26.3 Å². The molecule has 0 saturated heterocycles. The molecule has 0 saturated carbocycles. The third-order valence-electron chi connectivity index (χ3n) is 1.84. The summed E-state index contributed by atoms with van der Waals surface area (Å²) in [5.74, 6) is -0.580. The van der Waals surface area contributed by atoms with Crippen LogP contribution in [0.5, 0.6) is 0 Å². The molecule has 0 aromatic heterocycles. The number of esters is 1. The van der Waals surface area contributed by atoms with Crippen LogP contribution in [0, 0.1) is 9.39 Å². The molecule has 0 atom stereocenters. The Morgan fingerprint density at radius 1 is 1.57 bits per heavy atom. The normalized spacial score (nSPS) is 9.93. The van der Waals surface area contributed by atoms with E-state index >= 15 is 0 Å². The largest absolute Gasteiger partial charge is 0.469 e. The first-order chi connectivity index (χ1) is 6.63. The lowest BCUT2D eigenvalue weighted by Crippen LogP contribution is -2.03. The summed E-state index contributed by atoms with van der Waals surface area (Å²) in [5, 5.41) is 0. The highest BCUT2D eigenvalue weighted by atomic mass is 127. The number of aryl methyl sites for hydroxylation is 1. The highest BCUT2D eigenvalue weighted by Gasteiger charge is 2.06. The molecular formula is C10H10FIO2. The zero-order chi connectivity index (χ0) is 10.6. The van der Waals surface area contributed by atoms with Gasteiger partial charge in [-0.15, -0.1) is 0 Å². The molecule has 14 heavy (non-hydrogen) atoms. The molecule has 0 aliphatic rings. The molecule has 0 aliphatic heterocycles. The maximum atomic E-state index is 13.2. The van der Waals surface area contributed by atoms with Crippen LogP contribution >= 0.6 is 22.6 Å². The number of benzene rings is 1. The Kier molecular flexibility index (Phi) is 4.31. The molecule has 2 nitrogen and oxygen atoms in total. The zero-order valence-corrected chi connectivity index (χ0v) is 9.88. The van der Waals surface area contributed by atoms with E-state index in [1.807, 2.05) is 28.7 Å². The van der Waals surface area contributed by atoms with Gasteiger partial charge in [-0.1, -0.05) is 6.07 Å². The van der Waals surface area contributed by atoms with Crippen LogP contribution in [0.3, 0.4) is 0 Å². The lowest BCUT2D eigenvalue weighted by atomic mass is 10.1. The van der Waals surface area contributed by atoms with Crippen molar-refractivity contribution in [1.29, 1.82) is 0 Å². The number of rotatable bonds is 3. The van der Waals surface area contributed by atoms with E-state index in [4.69, 9.17) is 0 Å². The van der Waals surface area contributed by atoms with E-state index in [0.29, 0.717) is 12.0 Å². The lowest BCUT2D eigenvalue weighted by molar-refractivity contribution is -0.140. The van der Waals surface area contributed by atoms with Gasteiger partial charge in [0.25, 0.3) is 0 Å². The van der Waals surface area contributed by atoms with Crippen LogP contribution in [0.2, 0.25) is 0 Å². The predicted molar refractivity (Wildman–Crippen MR) is 59.5 cm³/mol. The summed E-state index contributed by atoms with van der Waals surface area (Å²) in [7, 11) is 1.33. The van der Waals surface area contributed by atoms with Crippen molar-refractivity contribution in [3.63, 3.8) is 0 Å². The minimum Gasteiger partial charge on any atom is -0.469 e. The molecule has 1 aromatic carbocycles. The number of hydrogen-bond acceptors (Lipinski definition) is 2. The van der Waals surface area contributed by atoms with Crippen LogP contribution in [0.25, 0.3) is 0 Å². The number of methoxy groups -OCH3 is 1. The standard InChI is InChI=1S/C10H10FIO2/c1-14-10(13)5-3-7-2-4-8(12)6-9(7)11/h2,4,6H,3,5H2,1H3. The number of ether oxygens (including phenoxy) is 1. The van der Waals surface area contributed by atoms with Crippen LogP contribution in [0.15, 0.2) is 18.2 Å². The Hall–Kier alpha value is -0.650. The molecule has 1 aromatic rings. The van der Waals surface area contributed by atoms with E-state index < -0.39 is 0 Å². The fraction of sp³-hybridized carbons (Fsp3) is 0.300. The smallest absolute Gasteiger partial charge is 0.305 e. The molecule has 1 rings (SSSR count). The van der Waals surface area contributed by atoms with Crippen molar-refractivity contribution in [1.82, 2.24) is 0 Å². The fourth-order valence-corrected chi connectivity index (χ4v) is 1.52. The van der Waals surface area contributed by atoms with Gasteiger partial charge in [-0.05, 0) is 46.7 Å². The van der Waals surface area contributed by atoms with Crippen LogP contribution in [-0.2, 0) is 16.0 Å². The van der Waals surface area contributed by atoms with Crippen LogP contribution in [-0.4, -0.2) is 13.1 Å². The Bertz CT molecular complexity index is 339. The number of carbonyl (C=O) groups excluding carboxylic acids is 1. The fourth-order valence-electron chi connectivity index (χ4n) is 1.06. The molecule has 0 aliphatic carbocycles. The minimum atomic E-state index is -0.317. The number of halogens is 2. The molecule has 4 heteroatoms. The Balaban J connectivity index is 2.63. The van der Waals surface area contributed by atoms with Crippen molar-refractivity contribution in [2.45, 2.75) is 12.8 Å². The van der Waals surface area contributed by atoms with Crippen LogP contribution in [0.1, 0.15) is 12.0 Å². The Labute approximate surface area is 95.6 Å². The maximum Gasteiger partial charge on any atom is 0.305 e. The molecule has 0 radical (unpaired) electrons. The van der Waals surface area contributed by atoms with Crippen molar-refractivity contribution in [3.05, 3.63) is 33.1 Å². The second kappa shape index (κ2) is 5.29. The summed E-state index contributed by atoms with van der Waals surface area (Å²) < 4.78 is 18.6. The van der Waals surface area contributed by atoms with Gasteiger partial charge in [-0.2, -0.15) is 0 Å². The average molecular weight is 308 g/mol. The highest BCUT2D eigenvalue weighted by molar-refractivity contribution is 14.1. The predicted octanol–water partition coefficient (Wildman–Crippen LogP) is 2.54. The third-order valence-corrected chi connectivity index (χ3v) is 2.51. The molecule has 0 fully saturated rings. The number of carbonyl (C=O) groups is 1. The highest BCUT2D eigenvalue weighted by Crippen LogP contribution is 2.13.